The summed E-state index contributed by atoms with van der Waals surface area (Å²) in [5.74, 6) is 0.592. The Morgan fingerprint density at radius 2 is 2.14 bits per heavy atom. The molecule has 1 aromatic rings. The van der Waals surface area contributed by atoms with E-state index in [0.717, 1.165) is 31.5 Å². The van der Waals surface area contributed by atoms with E-state index in [1.54, 1.807) is 4.31 Å². The number of thiophene rings is 1. The van der Waals surface area contributed by atoms with Crippen LogP contribution in [0, 0.1) is 5.92 Å². The summed E-state index contributed by atoms with van der Waals surface area (Å²) in [6, 6.07) is 2.10. The zero-order chi connectivity index (χ0) is 14.9. The molecule has 21 heavy (non-hydrogen) atoms. The van der Waals surface area contributed by atoms with E-state index in [-0.39, 0.29) is 6.04 Å². The molecular formula is C15H24N2O2S2. The third-order valence-corrected chi connectivity index (χ3v) is 8.12. The van der Waals surface area contributed by atoms with Crippen molar-refractivity contribution in [2.24, 2.45) is 5.92 Å². The topological polar surface area (TPSA) is 49.4 Å². The fourth-order valence-corrected chi connectivity index (χ4v) is 6.69. The van der Waals surface area contributed by atoms with Crippen LogP contribution in [0.15, 0.2) is 15.7 Å². The van der Waals surface area contributed by atoms with Crippen LogP contribution in [0.25, 0.3) is 0 Å². The molecule has 0 spiro atoms. The molecule has 1 aromatic heterocycles. The Bertz CT molecular complexity index is 582. The van der Waals surface area contributed by atoms with Crippen molar-refractivity contribution in [3.63, 3.8) is 0 Å². The lowest BCUT2D eigenvalue weighted by Gasteiger charge is -2.30. The highest BCUT2D eigenvalue weighted by Gasteiger charge is 2.42. The SMILES string of the molecule is CCNCc1csc(S(=O)(=O)N2CCC3CCCCC32)c1. The van der Waals surface area contributed by atoms with Crippen molar-refractivity contribution in [3.05, 3.63) is 17.0 Å². The summed E-state index contributed by atoms with van der Waals surface area (Å²) < 4.78 is 28.1. The summed E-state index contributed by atoms with van der Waals surface area (Å²) in [6.45, 7) is 4.40. The summed E-state index contributed by atoms with van der Waals surface area (Å²) in [5, 5.41) is 5.20. The maximum atomic E-state index is 12.9. The van der Waals surface area contributed by atoms with Crippen molar-refractivity contribution in [2.45, 2.75) is 55.8 Å². The second-order valence-electron chi connectivity index (χ2n) is 6.07. The molecule has 1 aliphatic heterocycles. The molecule has 2 fully saturated rings. The van der Waals surface area contributed by atoms with Crippen molar-refractivity contribution < 1.29 is 8.42 Å². The summed E-state index contributed by atoms with van der Waals surface area (Å²) in [7, 11) is -3.29. The van der Waals surface area contributed by atoms with E-state index in [2.05, 4.69) is 12.2 Å². The van der Waals surface area contributed by atoms with Crippen LogP contribution in [0.4, 0.5) is 0 Å². The van der Waals surface area contributed by atoms with Crippen LogP contribution in [0.2, 0.25) is 0 Å². The van der Waals surface area contributed by atoms with Crippen LogP contribution in [0.3, 0.4) is 0 Å². The Hall–Kier alpha value is -0.430. The molecule has 2 aliphatic rings. The molecule has 4 nitrogen and oxygen atoms in total. The van der Waals surface area contributed by atoms with Gasteiger partial charge in [-0.05, 0) is 48.7 Å². The highest BCUT2D eigenvalue weighted by Crippen LogP contribution is 2.39. The van der Waals surface area contributed by atoms with Crippen molar-refractivity contribution in [1.82, 2.24) is 9.62 Å². The largest absolute Gasteiger partial charge is 0.313 e. The molecule has 0 amide bonds. The van der Waals surface area contributed by atoms with Gasteiger partial charge in [-0.3, -0.25) is 0 Å². The third-order valence-electron chi connectivity index (χ3n) is 4.73. The van der Waals surface area contributed by atoms with Gasteiger partial charge in [0, 0.05) is 19.1 Å². The minimum absolute atomic E-state index is 0.253. The maximum Gasteiger partial charge on any atom is 0.252 e. The molecule has 1 N–H and O–H groups in total. The number of fused-ring (bicyclic) bond motifs is 1. The van der Waals surface area contributed by atoms with Gasteiger partial charge < -0.3 is 5.32 Å². The summed E-state index contributed by atoms with van der Waals surface area (Å²) in [6.07, 6.45) is 5.72. The Balaban J connectivity index is 1.78. The molecule has 2 atom stereocenters. The van der Waals surface area contributed by atoms with Crippen LogP contribution in [-0.4, -0.2) is 31.9 Å². The number of sulfonamides is 1. The second kappa shape index (κ2) is 6.36. The Morgan fingerprint density at radius 3 is 2.95 bits per heavy atom. The minimum atomic E-state index is -3.29. The van der Waals surface area contributed by atoms with Crippen LogP contribution in [-0.2, 0) is 16.6 Å². The zero-order valence-corrected chi connectivity index (χ0v) is 14.2. The first-order valence-corrected chi connectivity index (χ1v) is 10.2. The summed E-state index contributed by atoms with van der Waals surface area (Å²) in [5.41, 5.74) is 1.07. The number of rotatable bonds is 5. The first kappa shape index (κ1) is 15.5. The smallest absolute Gasteiger partial charge is 0.252 e. The van der Waals surface area contributed by atoms with E-state index in [9.17, 15) is 8.42 Å². The fourth-order valence-electron chi connectivity index (χ4n) is 3.63. The summed E-state index contributed by atoms with van der Waals surface area (Å²) in [4.78, 5) is 0. The zero-order valence-electron chi connectivity index (χ0n) is 12.5. The lowest BCUT2D eigenvalue weighted by molar-refractivity contribution is 0.260. The molecule has 1 saturated carbocycles. The molecule has 3 rings (SSSR count). The van der Waals surface area contributed by atoms with Gasteiger partial charge in [-0.15, -0.1) is 11.3 Å². The highest BCUT2D eigenvalue weighted by atomic mass is 32.2. The van der Waals surface area contributed by atoms with Crippen LogP contribution < -0.4 is 5.32 Å². The Morgan fingerprint density at radius 1 is 1.33 bits per heavy atom. The van der Waals surface area contributed by atoms with Crippen LogP contribution in [0.5, 0.6) is 0 Å². The average Bonchev–Trinajstić information content (AvgIpc) is 3.12. The highest BCUT2D eigenvalue weighted by molar-refractivity contribution is 7.91. The number of hydrogen-bond acceptors (Lipinski definition) is 4. The fraction of sp³-hybridized carbons (Fsp3) is 0.733. The van der Waals surface area contributed by atoms with Gasteiger partial charge in [-0.25, -0.2) is 8.42 Å². The van der Waals surface area contributed by atoms with E-state index in [4.69, 9.17) is 0 Å². The lowest BCUT2D eigenvalue weighted by atomic mass is 9.86. The molecule has 1 aliphatic carbocycles. The number of nitrogens with zero attached hydrogens (tertiary/aromatic N) is 1. The van der Waals surface area contributed by atoms with E-state index >= 15 is 0 Å². The van der Waals surface area contributed by atoms with E-state index < -0.39 is 10.0 Å². The predicted molar refractivity (Wildman–Crippen MR) is 86.0 cm³/mol. The molecule has 1 saturated heterocycles. The minimum Gasteiger partial charge on any atom is -0.313 e. The number of hydrogen-bond donors (Lipinski definition) is 1. The molecule has 0 aromatic carbocycles. The normalized spacial score (nSPS) is 26.9. The van der Waals surface area contributed by atoms with Gasteiger partial charge in [0.15, 0.2) is 0 Å². The molecule has 6 heteroatoms. The van der Waals surface area contributed by atoms with Gasteiger partial charge in [0.05, 0.1) is 0 Å². The number of nitrogens with one attached hydrogen (secondary N) is 1. The second-order valence-corrected chi connectivity index (χ2v) is 9.10. The molecule has 0 radical (unpaired) electrons. The monoisotopic (exact) mass is 328 g/mol. The average molecular weight is 329 g/mol. The van der Waals surface area contributed by atoms with Crippen molar-refractivity contribution >= 4 is 21.4 Å². The quantitative estimate of drug-likeness (QED) is 0.904. The van der Waals surface area contributed by atoms with Gasteiger partial charge in [0.1, 0.15) is 4.21 Å². The van der Waals surface area contributed by atoms with Gasteiger partial charge in [0.25, 0.3) is 10.0 Å². The standard InChI is InChI=1S/C15H24N2O2S2/c1-2-16-10-12-9-15(20-11-12)21(18,19)17-8-7-13-5-3-4-6-14(13)17/h9,11,13-14,16H,2-8,10H2,1H3. The van der Waals surface area contributed by atoms with Gasteiger partial charge >= 0.3 is 0 Å². The third kappa shape index (κ3) is 3.04. The van der Waals surface area contributed by atoms with Crippen molar-refractivity contribution in [2.75, 3.05) is 13.1 Å². The van der Waals surface area contributed by atoms with E-state index in [0.29, 0.717) is 16.7 Å². The molecule has 0 bridgehead atoms. The molecular weight excluding hydrogens is 304 g/mol. The Labute approximate surface area is 131 Å². The molecule has 2 heterocycles. The van der Waals surface area contributed by atoms with E-state index in [1.165, 1.54) is 30.6 Å². The van der Waals surface area contributed by atoms with Gasteiger partial charge in [-0.1, -0.05) is 19.8 Å². The lowest BCUT2D eigenvalue weighted by Crippen LogP contribution is -2.38. The first-order valence-electron chi connectivity index (χ1n) is 7.93. The predicted octanol–water partition coefficient (Wildman–Crippen LogP) is 2.81. The Kier molecular flexibility index (Phi) is 4.69. The van der Waals surface area contributed by atoms with Crippen molar-refractivity contribution in [1.29, 1.82) is 0 Å². The molecule has 118 valence electrons. The summed E-state index contributed by atoms with van der Waals surface area (Å²) >= 11 is 1.36. The molecule has 2 unspecified atom stereocenters. The van der Waals surface area contributed by atoms with Crippen LogP contribution >= 0.6 is 11.3 Å². The van der Waals surface area contributed by atoms with E-state index in [1.807, 2.05) is 11.4 Å². The maximum absolute atomic E-state index is 12.9. The first-order chi connectivity index (χ1) is 10.1. The van der Waals surface area contributed by atoms with Crippen LogP contribution in [0.1, 0.15) is 44.6 Å². The van der Waals surface area contributed by atoms with Gasteiger partial charge in [0.2, 0.25) is 0 Å². The van der Waals surface area contributed by atoms with Gasteiger partial charge in [-0.2, -0.15) is 4.31 Å². The van der Waals surface area contributed by atoms with Crippen molar-refractivity contribution in [3.8, 4) is 0 Å².